The molecule has 0 fully saturated rings. The molecule has 126 valence electrons. The van der Waals surface area contributed by atoms with Crippen LogP contribution in [0.2, 0.25) is 5.02 Å². The number of hydrogen-bond donors (Lipinski definition) is 1. The number of halogens is 2. The monoisotopic (exact) mass is 374 g/mol. The number of Topliss-reactive ketones (excluding diaryl/α,β-unsaturated/α-hetero) is 1. The molecule has 7 heteroatoms. The summed E-state index contributed by atoms with van der Waals surface area (Å²) in [5.74, 6) is -1.19. The molecule has 2 aromatic carbocycles. The molecule has 1 aromatic heterocycles. The van der Waals surface area contributed by atoms with Gasteiger partial charge in [-0.3, -0.25) is 14.9 Å². The lowest BCUT2D eigenvalue weighted by molar-refractivity contribution is 0.101. The largest absolute Gasteiger partial charge is 0.298 e. The van der Waals surface area contributed by atoms with Crippen LogP contribution >= 0.6 is 22.9 Å². The number of aromatic nitrogens is 1. The minimum Gasteiger partial charge on any atom is -0.298 e. The number of carbonyl (C=O) groups excluding carboxylic acids is 2. The molecular formula is C18H12ClFN2O2S. The van der Waals surface area contributed by atoms with Crippen molar-refractivity contribution in [3.05, 3.63) is 69.8 Å². The van der Waals surface area contributed by atoms with Gasteiger partial charge in [0, 0.05) is 12.5 Å². The zero-order chi connectivity index (χ0) is 18.0. The summed E-state index contributed by atoms with van der Waals surface area (Å²) >= 11 is 6.99. The molecule has 0 aliphatic rings. The van der Waals surface area contributed by atoms with E-state index in [9.17, 15) is 14.0 Å². The van der Waals surface area contributed by atoms with Crippen molar-refractivity contribution < 1.29 is 14.0 Å². The minimum atomic E-state index is -0.527. The van der Waals surface area contributed by atoms with Crippen molar-refractivity contribution >= 4 is 39.8 Å². The van der Waals surface area contributed by atoms with Crippen molar-refractivity contribution in [2.24, 2.45) is 0 Å². The normalized spacial score (nSPS) is 10.5. The first kappa shape index (κ1) is 17.3. The van der Waals surface area contributed by atoms with E-state index in [2.05, 4.69) is 10.3 Å². The van der Waals surface area contributed by atoms with E-state index in [0.29, 0.717) is 10.6 Å². The fourth-order valence-corrected chi connectivity index (χ4v) is 3.37. The van der Waals surface area contributed by atoms with Crippen LogP contribution in [0.15, 0.2) is 48.5 Å². The number of nitrogens with one attached hydrogen (secondary N) is 1. The first-order valence-corrected chi connectivity index (χ1v) is 8.48. The van der Waals surface area contributed by atoms with Crippen molar-refractivity contribution in [2.75, 3.05) is 5.32 Å². The molecule has 3 aromatic rings. The van der Waals surface area contributed by atoms with Crippen LogP contribution in [0.5, 0.6) is 0 Å². The van der Waals surface area contributed by atoms with Gasteiger partial charge in [-0.15, -0.1) is 0 Å². The molecule has 25 heavy (non-hydrogen) atoms. The lowest BCUT2D eigenvalue weighted by Crippen LogP contribution is -2.12. The molecule has 0 aliphatic heterocycles. The number of thiazole rings is 1. The maximum atomic E-state index is 13.1. The van der Waals surface area contributed by atoms with Gasteiger partial charge in [-0.25, -0.2) is 9.37 Å². The SMILES string of the molecule is CC(=O)c1sc(NC(=O)c2ccc(F)cc2Cl)nc1-c1ccccc1. The summed E-state index contributed by atoms with van der Waals surface area (Å²) in [4.78, 5) is 29.0. The van der Waals surface area contributed by atoms with Crippen LogP contribution in [0.1, 0.15) is 27.0 Å². The number of anilines is 1. The van der Waals surface area contributed by atoms with Crippen LogP contribution in [0.25, 0.3) is 11.3 Å². The summed E-state index contributed by atoms with van der Waals surface area (Å²) in [7, 11) is 0. The van der Waals surface area contributed by atoms with Crippen molar-refractivity contribution in [1.29, 1.82) is 0 Å². The highest BCUT2D eigenvalue weighted by Crippen LogP contribution is 2.32. The van der Waals surface area contributed by atoms with Gasteiger partial charge in [0.15, 0.2) is 10.9 Å². The molecule has 0 bridgehead atoms. The fraction of sp³-hybridized carbons (Fsp3) is 0.0556. The van der Waals surface area contributed by atoms with Gasteiger partial charge in [0.25, 0.3) is 5.91 Å². The summed E-state index contributed by atoms with van der Waals surface area (Å²) in [5, 5.41) is 2.89. The first-order valence-electron chi connectivity index (χ1n) is 7.29. The van der Waals surface area contributed by atoms with Crippen LogP contribution in [0.3, 0.4) is 0 Å². The number of amides is 1. The second kappa shape index (κ2) is 7.13. The van der Waals surface area contributed by atoms with Gasteiger partial charge in [-0.05, 0) is 18.2 Å². The van der Waals surface area contributed by atoms with Crippen molar-refractivity contribution in [3.63, 3.8) is 0 Å². The highest BCUT2D eigenvalue weighted by molar-refractivity contribution is 7.18. The van der Waals surface area contributed by atoms with Gasteiger partial charge in [0.1, 0.15) is 5.82 Å². The molecule has 4 nitrogen and oxygen atoms in total. The Hall–Kier alpha value is -2.57. The van der Waals surface area contributed by atoms with Crippen LogP contribution < -0.4 is 5.32 Å². The maximum Gasteiger partial charge on any atom is 0.258 e. The van der Waals surface area contributed by atoms with Gasteiger partial charge in [0.2, 0.25) is 0 Å². The Morgan fingerprint density at radius 1 is 1.16 bits per heavy atom. The Morgan fingerprint density at radius 3 is 2.52 bits per heavy atom. The van der Waals surface area contributed by atoms with Crippen LogP contribution in [0.4, 0.5) is 9.52 Å². The topological polar surface area (TPSA) is 59.1 Å². The number of rotatable bonds is 4. The second-order valence-electron chi connectivity index (χ2n) is 5.20. The third-order valence-corrected chi connectivity index (χ3v) is 4.77. The lowest BCUT2D eigenvalue weighted by atomic mass is 10.1. The van der Waals surface area contributed by atoms with Crippen molar-refractivity contribution in [3.8, 4) is 11.3 Å². The lowest BCUT2D eigenvalue weighted by Gasteiger charge is -2.03. The molecule has 1 amide bonds. The predicted octanol–water partition coefficient (Wildman–Crippen LogP) is 5.06. The third-order valence-electron chi connectivity index (χ3n) is 3.39. The van der Waals surface area contributed by atoms with E-state index < -0.39 is 11.7 Å². The van der Waals surface area contributed by atoms with Crippen molar-refractivity contribution in [1.82, 2.24) is 4.98 Å². The van der Waals surface area contributed by atoms with E-state index in [1.807, 2.05) is 30.3 Å². The maximum absolute atomic E-state index is 13.1. The molecule has 1 N–H and O–H groups in total. The van der Waals surface area contributed by atoms with Gasteiger partial charge in [-0.1, -0.05) is 53.3 Å². The smallest absolute Gasteiger partial charge is 0.258 e. The van der Waals surface area contributed by atoms with Gasteiger partial charge < -0.3 is 0 Å². The van der Waals surface area contributed by atoms with E-state index in [1.54, 1.807) is 0 Å². The average Bonchev–Trinajstić information content (AvgIpc) is 2.99. The standard InChI is InChI=1S/C18H12ClFN2O2S/c1-10(23)16-15(11-5-3-2-4-6-11)21-18(25-16)22-17(24)13-8-7-12(20)9-14(13)19/h2-9H,1H3,(H,21,22,24). The Kier molecular flexibility index (Phi) is 4.92. The fourth-order valence-electron chi connectivity index (χ4n) is 2.24. The van der Waals surface area contributed by atoms with Crippen LogP contribution in [-0.4, -0.2) is 16.7 Å². The van der Waals surface area contributed by atoms with Crippen molar-refractivity contribution in [2.45, 2.75) is 6.92 Å². The number of ketones is 1. The van der Waals surface area contributed by atoms with E-state index in [-0.39, 0.29) is 21.5 Å². The van der Waals surface area contributed by atoms with E-state index >= 15 is 0 Å². The summed E-state index contributed by atoms with van der Waals surface area (Å²) in [6.45, 7) is 1.45. The quantitative estimate of drug-likeness (QED) is 0.649. The Morgan fingerprint density at radius 2 is 1.88 bits per heavy atom. The first-order chi connectivity index (χ1) is 12.0. The Balaban J connectivity index is 1.93. The predicted molar refractivity (Wildman–Crippen MR) is 96.9 cm³/mol. The number of hydrogen-bond acceptors (Lipinski definition) is 4. The third kappa shape index (κ3) is 3.75. The zero-order valence-electron chi connectivity index (χ0n) is 13.0. The summed E-state index contributed by atoms with van der Waals surface area (Å²) in [5.41, 5.74) is 1.42. The van der Waals surface area contributed by atoms with Gasteiger partial charge >= 0.3 is 0 Å². The highest BCUT2D eigenvalue weighted by atomic mass is 35.5. The number of benzene rings is 2. The molecule has 0 saturated heterocycles. The molecular weight excluding hydrogens is 363 g/mol. The molecule has 0 aliphatic carbocycles. The summed E-state index contributed by atoms with van der Waals surface area (Å²) < 4.78 is 13.1. The van der Waals surface area contributed by atoms with E-state index in [0.717, 1.165) is 29.0 Å². The molecule has 0 atom stereocenters. The summed E-state index contributed by atoms with van der Waals surface area (Å²) in [6, 6.07) is 12.7. The summed E-state index contributed by atoms with van der Waals surface area (Å²) in [6.07, 6.45) is 0. The molecule has 0 saturated carbocycles. The average molecular weight is 375 g/mol. The molecule has 3 rings (SSSR count). The zero-order valence-corrected chi connectivity index (χ0v) is 14.6. The van der Waals surface area contributed by atoms with E-state index in [1.165, 1.54) is 13.0 Å². The highest BCUT2D eigenvalue weighted by Gasteiger charge is 2.19. The molecule has 0 radical (unpaired) electrons. The minimum absolute atomic E-state index is 0.00382. The number of carbonyl (C=O) groups is 2. The van der Waals surface area contributed by atoms with Crippen LogP contribution in [-0.2, 0) is 0 Å². The molecule has 1 heterocycles. The van der Waals surface area contributed by atoms with Gasteiger partial charge in [-0.2, -0.15) is 0 Å². The number of nitrogens with zero attached hydrogens (tertiary/aromatic N) is 1. The Bertz CT molecular complexity index is 957. The molecule has 0 unspecified atom stereocenters. The van der Waals surface area contributed by atoms with E-state index in [4.69, 9.17) is 11.6 Å². The van der Waals surface area contributed by atoms with Gasteiger partial charge in [0.05, 0.1) is 21.2 Å². The molecule has 0 spiro atoms. The second-order valence-corrected chi connectivity index (χ2v) is 6.60. The van der Waals surface area contributed by atoms with Crippen LogP contribution in [0, 0.1) is 5.82 Å². The Labute approximate surface area is 152 Å².